The molecule has 1 aromatic carbocycles. The fraction of sp³-hybridized carbons (Fsp3) is 0. The number of benzene rings is 1. The Morgan fingerprint density at radius 1 is 1.00 bits per heavy atom. The Balaban J connectivity index is 0.000000810. The van der Waals surface area contributed by atoms with Crippen LogP contribution >= 0.6 is 8.38 Å². The molecule has 0 aliphatic rings. The molecule has 0 bridgehead atoms. The normalized spacial score (nSPS) is 9.10. The van der Waals surface area contributed by atoms with E-state index in [4.69, 9.17) is 0 Å². The summed E-state index contributed by atoms with van der Waals surface area (Å²) in [4.78, 5) is 20.5. The van der Waals surface area contributed by atoms with Gasteiger partial charge in [-0.3, -0.25) is 8.38 Å². The van der Waals surface area contributed by atoms with Crippen LogP contribution in [0.1, 0.15) is 0 Å². The van der Waals surface area contributed by atoms with Crippen LogP contribution in [-0.4, -0.2) is 37.7 Å². The van der Waals surface area contributed by atoms with Crippen molar-refractivity contribution in [2.75, 3.05) is 0 Å². The molecule has 2 nitrogen and oxygen atoms in total. The summed E-state index contributed by atoms with van der Waals surface area (Å²) in [6.07, 6.45) is 0. The number of hydrogen-bond donors (Lipinski definition) is 0. The largest absolute Gasteiger partial charge is 2.00 e. The molecule has 0 heterocycles. The van der Waals surface area contributed by atoms with Gasteiger partial charge in [-0.05, 0) is 0 Å². The molecular formula is C6H5CaO2P. The van der Waals surface area contributed by atoms with Crippen molar-refractivity contribution in [3.05, 3.63) is 30.3 Å². The third kappa shape index (κ3) is 3.29. The summed E-state index contributed by atoms with van der Waals surface area (Å²) >= 11 is 0. The summed E-state index contributed by atoms with van der Waals surface area (Å²) < 4.78 is 0. The zero-order chi connectivity index (χ0) is 6.69. The van der Waals surface area contributed by atoms with E-state index in [1.807, 2.05) is 0 Å². The van der Waals surface area contributed by atoms with Gasteiger partial charge in [0.05, 0.1) is 0 Å². The molecule has 0 aliphatic carbocycles. The van der Waals surface area contributed by atoms with E-state index in [1.54, 1.807) is 30.3 Å². The Labute approximate surface area is 90.8 Å². The molecule has 0 aliphatic heterocycles. The van der Waals surface area contributed by atoms with Gasteiger partial charge in [0.25, 0.3) is 0 Å². The predicted molar refractivity (Wildman–Crippen MR) is 38.8 cm³/mol. The minimum Gasteiger partial charge on any atom is -0.838 e. The van der Waals surface area contributed by atoms with Crippen molar-refractivity contribution in [3.63, 3.8) is 0 Å². The molecule has 0 amide bonds. The average Bonchev–Trinajstić information content (AvgIpc) is 1.90. The second-order valence-electron chi connectivity index (χ2n) is 1.59. The summed E-state index contributed by atoms with van der Waals surface area (Å²) in [5.74, 6) is 0. The van der Waals surface area contributed by atoms with Crippen molar-refractivity contribution < 1.29 is 9.79 Å². The quantitative estimate of drug-likeness (QED) is 0.409. The van der Waals surface area contributed by atoms with Crippen LogP contribution in [0.5, 0.6) is 0 Å². The topological polar surface area (TPSA) is 46.1 Å². The van der Waals surface area contributed by atoms with Gasteiger partial charge in [-0.2, -0.15) is 0 Å². The molecule has 1 aromatic rings. The van der Waals surface area contributed by atoms with Crippen LogP contribution in [0.3, 0.4) is 0 Å². The second-order valence-corrected chi connectivity index (χ2v) is 2.62. The molecule has 0 fully saturated rings. The summed E-state index contributed by atoms with van der Waals surface area (Å²) in [6, 6.07) is 8.29. The van der Waals surface area contributed by atoms with Gasteiger partial charge in [0, 0.05) is 0 Å². The maximum absolute atomic E-state index is 10.2. The van der Waals surface area contributed by atoms with Crippen molar-refractivity contribution in [1.82, 2.24) is 0 Å². The van der Waals surface area contributed by atoms with Gasteiger partial charge >= 0.3 is 37.7 Å². The van der Waals surface area contributed by atoms with Gasteiger partial charge < -0.3 is 9.79 Å². The monoisotopic (exact) mass is 180 g/mol. The van der Waals surface area contributed by atoms with E-state index in [0.29, 0.717) is 5.30 Å². The smallest absolute Gasteiger partial charge is 0.838 e. The SMILES string of the molecule is [Ca+2].[O-]P([O-])c1ccccc1. The minimum absolute atomic E-state index is 0. The predicted octanol–water partition coefficient (Wildman–Crippen LogP) is -1.04. The Bertz CT molecular complexity index is 178. The summed E-state index contributed by atoms with van der Waals surface area (Å²) in [7, 11) is -2.40. The number of hydrogen-bond acceptors (Lipinski definition) is 2. The second kappa shape index (κ2) is 5.48. The van der Waals surface area contributed by atoms with E-state index in [0.717, 1.165) is 0 Å². The molecule has 4 heteroatoms. The third-order valence-electron chi connectivity index (χ3n) is 0.967. The van der Waals surface area contributed by atoms with E-state index < -0.39 is 8.38 Å². The van der Waals surface area contributed by atoms with Crippen molar-refractivity contribution in [2.24, 2.45) is 0 Å². The molecule has 0 saturated heterocycles. The van der Waals surface area contributed by atoms with Gasteiger partial charge in [0.1, 0.15) is 0 Å². The first-order valence-corrected chi connectivity index (χ1v) is 3.68. The standard InChI is InChI=1S/C6H5O2P.Ca/c7-9(8)6-4-2-1-3-5-6;/h1-5H;/q-2;+2. The summed E-state index contributed by atoms with van der Waals surface area (Å²) in [5, 5.41) is 0.368. The van der Waals surface area contributed by atoms with Crippen molar-refractivity contribution in [3.8, 4) is 0 Å². The maximum Gasteiger partial charge on any atom is 2.00 e. The van der Waals surface area contributed by atoms with E-state index in [2.05, 4.69) is 0 Å². The molecule has 48 valence electrons. The first kappa shape index (κ1) is 10.8. The van der Waals surface area contributed by atoms with E-state index >= 15 is 0 Å². The first-order chi connectivity index (χ1) is 4.30. The molecule has 0 radical (unpaired) electrons. The fourth-order valence-electron chi connectivity index (χ4n) is 0.550. The minimum atomic E-state index is -2.40. The molecule has 0 saturated carbocycles. The fourth-order valence-corrected chi connectivity index (χ4v) is 0.965. The Kier molecular flexibility index (Phi) is 5.93. The van der Waals surface area contributed by atoms with Crippen molar-refractivity contribution in [2.45, 2.75) is 0 Å². The van der Waals surface area contributed by atoms with Crippen LogP contribution in [0.2, 0.25) is 0 Å². The molecule has 1 rings (SSSR count). The van der Waals surface area contributed by atoms with E-state index in [9.17, 15) is 9.79 Å². The van der Waals surface area contributed by atoms with Gasteiger partial charge in [0.15, 0.2) is 0 Å². The third-order valence-corrected chi connectivity index (χ3v) is 1.69. The summed E-state index contributed by atoms with van der Waals surface area (Å²) in [6.45, 7) is 0. The van der Waals surface area contributed by atoms with Crippen LogP contribution in [-0.2, 0) is 0 Å². The molecular weight excluding hydrogens is 175 g/mol. The molecule has 10 heavy (non-hydrogen) atoms. The first-order valence-electron chi connectivity index (χ1n) is 2.50. The number of rotatable bonds is 1. The Morgan fingerprint density at radius 2 is 1.50 bits per heavy atom. The molecule has 0 unspecified atom stereocenters. The molecule has 0 aromatic heterocycles. The van der Waals surface area contributed by atoms with Crippen LogP contribution in [0, 0.1) is 0 Å². The summed E-state index contributed by atoms with van der Waals surface area (Å²) in [5.41, 5.74) is 0. The van der Waals surface area contributed by atoms with Gasteiger partial charge in [0.2, 0.25) is 0 Å². The van der Waals surface area contributed by atoms with Crippen LogP contribution in [0.4, 0.5) is 0 Å². The van der Waals surface area contributed by atoms with Crippen LogP contribution in [0.25, 0.3) is 0 Å². The Hall–Kier alpha value is 0.830. The zero-order valence-electron chi connectivity index (χ0n) is 5.36. The maximum atomic E-state index is 10.2. The van der Waals surface area contributed by atoms with Gasteiger partial charge in [-0.15, -0.1) is 0 Å². The van der Waals surface area contributed by atoms with Crippen molar-refractivity contribution in [1.29, 1.82) is 0 Å². The molecule has 0 spiro atoms. The molecule has 0 atom stereocenters. The average molecular weight is 180 g/mol. The van der Waals surface area contributed by atoms with Crippen LogP contribution in [0.15, 0.2) is 30.3 Å². The van der Waals surface area contributed by atoms with Crippen LogP contribution < -0.4 is 15.1 Å². The molecule has 0 N–H and O–H groups in total. The van der Waals surface area contributed by atoms with Gasteiger partial charge in [-0.25, -0.2) is 0 Å². The van der Waals surface area contributed by atoms with Crippen molar-refractivity contribution >= 4 is 51.4 Å². The van der Waals surface area contributed by atoms with E-state index in [-0.39, 0.29) is 37.7 Å². The Morgan fingerprint density at radius 3 is 1.80 bits per heavy atom. The van der Waals surface area contributed by atoms with Gasteiger partial charge in [-0.1, -0.05) is 35.6 Å². The zero-order valence-corrected chi connectivity index (χ0v) is 8.46. The van der Waals surface area contributed by atoms with E-state index in [1.165, 1.54) is 0 Å².